The summed E-state index contributed by atoms with van der Waals surface area (Å²) in [6.45, 7) is 13.0. The Kier molecular flexibility index (Phi) is 9.27. The Balaban J connectivity index is 1.33. The molecule has 226 valence electrons. The van der Waals surface area contributed by atoms with Gasteiger partial charge in [-0.3, -0.25) is 10.2 Å². The van der Waals surface area contributed by atoms with E-state index in [0.717, 1.165) is 55.1 Å². The predicted molar refractivity (Wildman–Crippen MR) is 168 cm³/mol. The van der Waals surface area contributed by atoms with Gasteiger partial charge in [-0.25, -0.2) is 14.3 Å². The first-order valence-electron chi connectivity index (χ1n) is 14.6. The van der Waals surface area contributed by atoms with Crippen molar-refractivity contribution in [1.29, 1.82) is 0 Å². The Bertz CT molecular complexity index is 1570. The third-order valence-corrected chi connectivity index (χ3v) is 7.24. The second kappa shape index (κ2) is 13.3. The number of urea groups is 1. The number of morpholine rings is 1. The van der Waals surface area contributed by atoms with Gasteiger partial charge in [-0.15, -0.1) is 0 Å². The molecule has 0 spiro atoms. The smallest absolute Gasteiger partial charge is 0.338 e. The number of nitrogens with zero attached hydrogens (tertiary/aromatic N) is 3. The number of ether oxygens (including phenoxy) is 3. The molecule has 2 heterocycles. The highest BCUT2D eigenvalue weighted by molar-refractivity contribution is 6.07. The van der Waals surface area contributed by atoms with Gasteiger partial charge >= 0.3 is 12.0 Å². The zero-order valence-corrected chi connectivity index (χ0v) is 25.2. The van der Waals surface area contributed by atoms with Crippen LogP contribution in [0.4, 0.5) is 16.3 Å². The number of nitrogens with one attached hydrogen (secondary N) is 2. The molecule has 0 atom stereocenters. The lowest BCUT2D eigenvalue weighted by molar-refractivity contribution is 0.0323. The topological polar surface area (TPSA) is 107 Å². The van der Waals surface area contributed by atoms with Crippen LogP contribution in [-0.4, -0.2) is 72.7 Å². The van der Waals surface area contributed by atoms with Crippen LogP contribution in [0.25, 0.3) is 16.5 Å². The van der Waals surface area contributed by atoms with E-state index < -0.39 is 6.03 Å². The highest BCUT2D eigenvalue weighted by atomic mass is 16.5. The molecule has 1 fully saturated rings. The first-order chi connectivity index (χ1) is 20.7. The molecule has 3 aromatic carbocycles. The fraction of sp³-hybridized carbons (Fsp3) is 0.364. The molecule has 1 aliphatic heterocycles. The van der Waals surface area contributed by atoms with Crippen molar-refractivity contribution in [3.8, 4) is 11.4 Å². The van der Waals surface area contributed by atoms with Crippen molar-refractivity contribution < 1.29 is 23.8 Å². The maximum absolute atomic E-state index is 13.3. The zero-order valence-electron chi connectivity index (χ0n) is 25.2. The number of carbonyl (C=O) groups is 2. The highest BCUT2D eigenvalue weighted by Crippen LogP contribution is 2.32. The highest BCUT2D eigenvalue weighted by Gasteiger charge is 2.22. The Morgan fingerprint density at radius 2 is 1.67 bits per heavy atom. The SMILES string of the molecule is CCOC(=O)c1ccc(-n2nc(C(C)(C)C)cc2NC(=O)Nc2ccc(OCCN3CCOCC3)c3ccccc23)cc1. The first-order valence-corrected chi connectivity index (χ1v) is 14.6. The van der Waals surface area contributed by atoms with Crippen LogP contribution in [0.5, 0.6) is 5.75 Å². The van der Waals surface area contributed by atoms with Gasteiger partial charge in [-0.2, -0.15) is 5.10 Å². The van der Waals surface area contributed by atoms with Crippen molar-refractivity contribution in [2.45, 2.75) is 33.1 Å². The molecule has 0 bridgehead atoms. The van der Waals surface area contributed by atoms with Gasteiger partial charge in [-0.1, -0.05) is 45.0 Å². The minimum Gasteiger partial charge on any atom is -0.492 e. The fourth-order valence-electron chi connectivity index (χ4n) is 4.87. The molecule has 2 N–H and O–H groups in total. The molecule has 1 aliphatic rings. The summed E-state index contributed by atoms with van der Waals surface area (Å²) >= 11 is 0. The average Bonchev–Trinajstić information content (AvgIpc) is 3.43. The van der Waals surface area contributed by atoms with Crippen molar-refractivity contribution in [3.05, 3.63) is 78.0 Å². The Morgan fingerprint density at radius 3 is 2.37 bits per heavy atom. The number of carbonyl (C=O) groups excluding carboxylic acids is 2. The minimum absolute atomic E-state index is 0.253. The van der Waals surface area contributed by atoms with Crippen molar-refractivity contribution in [2.75, 3.05) is 56.7 Å². The van der Waals surface area contributed by atoms with Crippen molar-refractivity contribution in [2.24, 2.45) is 0 Å². The van der Waals surface area contributed by atoms with Crippen LogP contribution in [0.1, 0.15) is 43.7 Å². The van der Waals surface area contributed by atoms with Crippen molar-refractivity contribution >= 4 is 34.3 Å². The number of hydrogen-bond donors (Lipinski definition) is 2. The van der Waals surface area contributed by atoms with Crippen LogP contribution in [0.15, 0.2) is 66.7 Å². The van der Waals surface area contributed by atoms with Crippen LogP contribution in [0, 0.1) is 0 Å². The molecule has 2 amide bonds. The Hall–Kier alpha value is -4.41. The second-order valence-corrected chi connectivity index (χ2v) is 11.4. The Labute approximate surface area is 251 Å². The number of benzene rings is 3. The fourth-order valence-corrected chi connectivity index (χ4v) is 4.87. The number of esters is 1. The lowest BCUT2D eigenvalue weighted by atomic mass is 9.92. The third kappa shape index (κ3) is 7.33. The monoisotopic (exact) mass is 585 g/mol. The molecule has 1 saturated heterocycles. The summed E-state index contributed by atoms with van der Waals surface area (Å²) in [6, 6.07) is 20.0. The van der Waals surface area contributed by atoms with Crippen LogP contribution in [-0.2, 0) is 14.9 Å². The number of anilines is 2. The molecular formula is C33H39N5O5. The molecule has 0 aliphatic carbocycles. The molecule has 10 nitrogen and oxygen atoms in total. The molecule has 0 unspecified atom stereocenters. The van der Waals surface area contributed by atoms with E-state index in [9.17, 15) is 9.59 Å². The lowest BCUT2D eigenvalue weighted by Gasteiger charge is -2.26. The van der Waals surface area contributed by atoms with Crippen molar-refractivity contribution in [1.82, 2.24) is 14.7 Å². The average molecular weight is 586 g/mol. The van der Waals surface area contributed by atoms with Gasteiger partial charge in [0.05, 0.1) is 42.5 Å². The molecule has 1 aromatic heterocycles. The number of rotatable bonds is 9. The van der Waals surface area contributed by atoms with Gasteiger partial charge in [0.25, 0.3) is 0 Å². The van der Waals surface area contributed by atoms with Crippen LogP contribution < -0.4 is 15.4 Å². The molecule has 0 radical (unpaired) electrons. The van der Waals surface area contributed by atoms with E-state index in [1.165, 1.54) is 0 Å². The standard InChI is InChI=1S/C33H39N5O5/c1-5-42-31(39)23-10-12-24(13-11-23)38-30(22-29(36-38)33(2,3)4)35-32(40)34-27-14-15-28(26-9-7-6-8-25(26)27)43-21-18-37-16-19-41-20-17-37/h6-15,22H,5,16-21H2,1-4H3,(H2,34,35,40). The van der Waals surface area contributed by atoms with E-state index in [1.54, 1.807) is 35.9 Å². The van der Waals surface area contributed by atoms with Gasteiger partial charge in [0, 0.05) is 41.9 Å². The summed E-state index contributed by atoms with van der Waals surface area (Å²) in [5.41, 5.74) is 2.36. The van der Waals surface area contributed by atoms with E-state index >= 15 is 0 Å². The van der Waals surface area contributed by atoms with Gasteiger partial charge in [0.15, 0.2) is 0 Å². The van der Waals surface area contributed by atoms with Crippen LogP contribution >= 0.6 is 0 Å². The Morgan fingerprint density at radius 1 is 0.953 bits per heavy atom. The molecular weight excluding hydrogens is 546 g/mol. The normalized spacial score (nSPS) is 14.0. The molecule has 43 heavy (non-hydrogen) atoms. The first kappa shape index (κ1) is 30.1. The number of amides is 2. The van der Waals surface area contributed by atoms with Gasteiger partial charge < -0.3 is 19.5 Å². The van der Waals surface area contributed by atoms with E-state index in [2.05, 4.69) is 36.3 Å². The summed E-state index contributed by atoms with van der Waals surface area (Å²) < 4.78 is 18.4. The van der Waals surface area contributed by atoms with Crippen LogP contribution in [0.2, 0.25) is 0 Å². The van der Waals surface area contributed by atoms with E-state index in [4.69, 9.17) is 19.3 Å². The largest absolute Gasteiger partial charge is 0.492 e. The molecule has 4 aromatic rings. The second-order valence-electron chi connectivity index (χ2n) is 11.4. The summed E-state index contributed by atoms with van der Waals surface area (Å²) in [5.74, 6) is 0.885. The zero-order chi connectivity index (χ0) is 30.4. The maximum atomic E-state index is 13.3. The molecule has 10 heteroatoms. The molecule has 5 rings (SSSR count). The van der Waals surface area contributed by atoms with E-state index in [1.807, 2.05) is 42.5 Å². The van der Waals surface area contributed by atoms with Crippen molar-refractivity contribution in [3.63, 3.8) is 0 Å². The van der Waals surface area contributed by atoms with Gasteiger partial charge in [0.2, 0.25) is 0 Å². The number of fused-ring (bicyclic) bond motifs is 1. The predicted octanol–water partition coefficient (Wildman–Crippen LogP) is 5.85. The van der Waals surface area contributed by atoms with Gasteiger partial charge in [-0.05, 0) is 43.3 Å². The quantitative estimate of drug-likeness (QED) is 0.237. The number of aromatic nitrogens is 2. The van der Waals surface area contributed by atoms with E-state index in [-0.39, 0.29) is 11.4 Å². The molecule has 0 saturated carbocycles. The van der Waals surface area contributed by atoms with Crippen LogP contribution in [0.3, 0.4) is 0 Å². The number of hydrogen-bond acceptors (Lipinski definition) is 7. The maximum Gasteiger partial charge on any atom is 0.338 e. The lowest BCUT2D eigenvalue weighted by Crippen LogP contribution is -2.38. The van der Waals surface area contributed by atoms with E-state index in [0.29, 0.717) is 36.0 Å². The summed E-state index contributed by atoms with van der Waals surface area (Å²) in [5, 5.41) is 12.5. The van der Waals surface area contributed by atoms with Gasteiger partial charge in [0.1, 0.15) is 18.2 Å². The summed E-state index contributed by atoms with van der Waals surface area (Å²) in [4.78, 5) is 27.8. The summed E-state index contributed by atoms with van der Waals surface area (Å²) in [6.07, 6.45) is 0. The third-order valence-electron chi connectivity index (χ3n) is 7.24. The minimum atomic E-state index is -0.407. The summed E-state index contributed by atoms with van der Waals surface area (Å²) in [7, 11) is 0.